The van der Waals surface area contributed by atoms with Crippen LogP contribution in [0.2, 0.25) is 0 Å². The van der Waals surface area contributed by atoms with Crippen molar-refractivity contribution in [2.75, 3.05) is 26.2 Å². The number of nitrogens with zero attached hydrogens (tertiary/aromatic N) is 6. The molecule has 2 saturated heterocycles. The first-order valence-corrected chi connectivity index (χ1v) is 29.0. The maximum Gasteiger partial charge on any atom is 0.326 e. The zero-order chi connectivity index (χ0) is 63.7. The molecule has 2 fully saturated rings. The molecule has 2 aliphatic rings. The Labute approximate surface area is 507 Å². The zero-order valence-corrected chi connectivity index (χ0v) is 48.7. The van der Waals surface area contributed by atoms with Crippen LogP contribution in [0.15, 0.2) is 95.7 Å². The van der Waals surface area contributed by atoms with Gasteiger partial charge in [0.15, 0.2) is 11.9 Å². The number of hydrogen-bond acceptors (Lipinski definition) is 15. The first-order valence-electron chi connectivity index (χ1n) is 29.0. The van der Waals surface area contributed by atoms with Gasteiger partial charge in [0, 0.05) is 82.1 Å². The second-order valence-corrected chi connectivity index (χ2v) is 21.5. The third-order valence-corrected chi connectivity index (χ3v) is 14.9. The van der Waals surface area contributed by atoms with Crippen LogP contribution in [0.25, 0.3) is 0 Å². The molecule has 2 aliphatic heterocycles. The molecule has 6 rings (SSSR count). The smallest absolute Gasteiger partial charge is 0.326 e. The summed E-state index contributed by atoms with van der Waals surface area (Å²) in [6.45, 7) is 0.361. The predicted octanol–water partition coefficient (Wildman–Crippen LogP) is -3.92. The third-order valence-electron chi connectivity index (χ3n) is 14.9. The summed E-state index contributed by atoms with van der Waals surface area (Å²) in [6, 6.07) is 5.71. The van der Waals surface area contributed by atoms with Crippen LogP contribution < -0.4 is 66.3 Å². The van der Waals surface area contributed by atoms with Crippen LogP contribution in [-0.4, -0.2) is 186 Å². The minimum atomic E-state index is -1.55. The van der Waals surface area contributed by atoms with E-state index in [2.05, 4.69) is 61.8 Å². The van der Waals surface area contributed by atoms with E-state index in [0.29, 0.717) is 35.4 Å². The van der Waals surface area contributed by atoms with Crippen LogP contribution in [0, 0.1) is 0 Å². The highest BCUT2D eigenvalue weighted by Crippen LogP contribution is 2.27. The molecule has 0 bridgehead atoms. The topological polar surface area (TPSA) is 508 Å². The first kappa shape index (κ1) is 67.2. The number of H-pyrrole nitrogens is 2. The number of aromatic nitrogens is 4. The molecule has 9 amide bonds. The third kappa shape index (κ3) is 20.9. The van der Waals surface area contributed by atoms with Gasteiger partial charge in [-0.05, 0) is 68.9 Å². The molecule has 0 radical (unpaired) electrons. The lowest BCUT2D eigenvalue weighted by Gasteiger charge is -2.33. The van der Waals surface area contributed by atoms with E-state index in [4.69, 9.17) is 34.4 Å². The van der Waals surface area contributed by atoms with E-state index in [1.807, 2.05) is 0 Å². The molecule has 31 heteroatoms. The number of hydrogen-bond donors (Lipinski definition) is 15. The number of benzene rings is 2. The van der Waals surface area contributed by atoms with Gasteiger partial charge in [0.25, 0.3) is 0 Å². The van der Waals surface area contributed by atoms with Gasteiger partial charge in [0.05, 0.1) is 18.7 Å². The number of carbonyl (C=O) groups excluding carboxylic acids is 9. The Bertz CT molecular complexity index is 3050. The molecule has 2 aromatic carbocycles. The Balaban J connectivity index is 1.21. The Hall–Kier alpha value is -9.94. The number of aliphatic carboxylic acids is 1. The zero-order valence-electron chi connectivity index (χ0n) is 48.7. The molecule has 0 aliphatic carbocycles. The molecule has 0 unspecified atom stereocenters. The van der Waals surface area contributed by atoms with Crippen LogP contribution in [0.1, 0.15) is 86.7 Å². The van der Waals surface area contributed by atoms with Crippen molar-refractivity contribution < 1.29 is 53.1 Å². The van der Waals surface area contributed by atoms with E-state index in [1.165, 1.54) is 34.8 Å². The number of aromatic amines is 2. The van der Waals surface area contributed by atoms with E-state index >= 15 is 0 Å². The van der Waals surface area contributed by atoms with Crippen molar-refractivity contribution in [3.05, 3.63) is 108 Å². The van der Waals surface area contributed by atoms with E-state index in [0.717, 1.165) is 0 Å². The molecule has 474 valence electrons. The van der Waals surface area contributed by atoms with E-state index in [9.17, 15) is 53.1 Å². The summed E-state index contributed by atoms with van der Waals surface area (Å²) in [5.41, 5.74) is 36.1. The molecule has 31 nitrogen and oxygen atoms in total. The van der Waals surface area contributed by atoms with Gasteiger partial charge in [0.1, 0.15) is 48.3 Å². The summed E-state index contributed by atoms with van der Waals surface area (Å²) in [5, 5.41) is 26.0. The SMILES string of the molecule is NC(=O)CC[C@H](NC(=O)[C@H](Cc1ccccc1)NC(=O)[C@H](CCCN=C(N)N)NC(=O)[C@H](Cc1ccccc1)NC(=O)[C@@H]1CCCN1C(=O)[C@@H]1CCCN1C(=O)[C@H](CCCN=C(N)N)NC(=O)[C@H](Cc1cnc[nH]1)NC(=O)[C@@H](N)Cc1cnc[nH]1)C(=O)O. The Morgan fingerprint density at radius 1 is 0.545 bits per heavy atom. The largest absolute Gasteiger partial charge is 0.480 e. The van der Waals surface area contributed by atoms with Crippen molar-refractivity contribution in [3.63, 3.8) is 0 Å². The summed E-state index contributed by atoms with van der Waals surface area (Å²) in [6.07, 6.45) is 6.40. The number of amides is 9. The van der Waals surface area contributed by atoms with Gasteiger partial charge >= 0.3 is 5.97 Å². The summed E-state index contributed by atoms with van der Waals surface area (Å²) in [5.74, 6) is -8.47. The number of rotatable bonds is 34. The molecular formula is C57H80N20O11. The molecule has 0 saturated carbocycles. The first-order chi connectivity index (χ1) is 42.2. The van der Waals surface area contributed by atoms with Crippen LogP contribution in [0.5, 0.6) is 0 Å². The van der Waals surface area contributed by atoms with Gasteiger partial charge in [0.2, 0.25) is 53.2 Å². The van der Waals surface area contributed by atoms with Gasteiger partial charge in [-0.2, -0.15) is 0 Å². The number of primary amides is 1. The van der Waals surface area contributed by atoms with Gasteiger partial charge in [-0.25, -0.2) is 14.8 Å². The molecular weight excluding hydrogens is 1140 g/mol. The van der Waals surface area contributed by atoms with Gasteiger partial charge in [-0.15, -0.1) is 0 Å². The molecule has 88 heavy (non-hydrogen) atoms. The van der Waals surface area contributed by atoms with E-state index < -0.39 is 114 Å². The second-order valence-electron chi connectivity index (χ2n) is 21.5. The number of carboxylic acids is 1. The summed E-state index contributed by atoms with van der Waals surface area (Å²) >= 11 is 0. The number of nitrogens with one attached hydrogen (secondary N) is 8. The minimum absolute atomic E-state index is 0.0116. The van der Waals surface area contributed by atoms with E-state index in [-0.39, 0.29) is 115 Å². The molecule has 4 aromatic rings. The summed E-state index contributed by atoms with van der Waals surface area (Å²) in [7, 11) is 0. The van der Waals surface area contributed by atoms with Gasteiger partial charge < -0.3 is 91.2 Å². The highest BCUT2D eigenvalue weighted by molar-refractivity contribution is 5.99. The molecule has 4 heterocycles. The lowest BCUT2D eigenvalue weighted by atomic mass is 10.0. The maximum absolute atomic E-state index is 14.9. The van der Waals surface area contributed by atoms with Crippen molar-refractivity contribution in [3.8, 4) is 0 Å². The van der Waals surface area contributed by atoms with Crippen LogP contribution in [0.4, 0.5) is 0 Å². The fourth-order valence-corrected chi connectivity index (χ4v) is 10.4. The van der Waals surface area contributed by atoms with Crippen molar-refractivity contribution in [1.29, 1.82) is 0 Å². The fraction of sp³-hybridized carbons (Fsp3) is 0.474. The Kier molecular flexibility index (Phi) is 25.7. The van der Waals surface area contributed by atoms with Crippen molar-refractivity contribution >= 4 is 71.1 Å². The number of aliphatic imine (C=N–C) groups is 2. The number of imidazole rings is 2. The summed E-state index contributed by atoms with van der Waals surface area (Å²) < 4.78 is 0. The van der Waals surface area contributed by atoms with Gasteiger partial charge in [-0.3, -0.25) is 53.1 Å². The molecule has 0 spiro atoms. The predicted molar refractivity (Wildman–Crippen MR) is 320 cm³/mol. The monoisotopic (exact) mass is 1220 g/mol. The number of nitrogens with two attached hydrogens (primary N) is 6. The van der Waals surface area contributed by atoms with E-state index in [1.54, 1.807) is 60.7 Å². The fourth-order valence-electron chi connectivity index (χ4n) is 10.4. The average Bonchev–Trinajstić information content (AvgIpc) is 2.30. The van der Waals surface area contributed by atoms with Crippen LogP contribution in [-0.2, 0) is 73.6 Å². The number of guanidine groups is 2. The molecule has 21 N–H and O–H groups in total. The maximum atomic E-state index is 14.9. The number of likely N-dealkylation sites (tertiary alicyclic amines) is 2. The van der Waals surface area contributed by atoms with Crippen LogP contribution in [0.3, 0.4) is 0 Å². The normalized spacial score (nSPS) is 16.9. The van der Waals surface area contributed by atoms with Crippen molar-refractivity contribution in [2.24, 2.45) is 44.4 Å². The summed E-state index contributed by atoms with van der Waals surface area (Å²) in [4.78, 5) is 164. The van der Waals surface area contributed by atoms with Gasteiger partial charge in [-0.1, -0.05) is 60.7 Å². The minimum Gasteiger partial charge on any atom is -0.480 e. The van der Waals surface area contributed by atoms with Crippen LogP contribution >= 0.6 is 0 Å². The lowest BCUT2D eigenvalue weighted by Crippen LogP contribution is -2.60. The second kappa shape index (κ2) is 33.7. The molecule has 2 aromatic heterocycles. The average molecular weight is 1220 g/mol. The lowest BCUT2D eigenvalue weighted by molar-refractivity contribution is -0.148. The van der Waals surface area contributed by atoms with Crippen molar-refractivity contribution in [1.82, 2.24) is 61.6 Å². The number of carbonyl (C=O) groups is 10. The number of carboxylic acid groups (broad SMARTS) is 1. The highest BCUT2D eigenvalue weighted by Gasteiger charge is 2.45. The highest BCUT2D eigenvalue weighted by atomic mass is 16.4. The Morgan fingerprint density at radius 2 is 1.00 bits per heavy atom. The quantitative estimate of drug-likeness (QED) is 0.0121. The Morgan fingerprint density at radius 3 is 1.52 bits per heavy atom. The molecule has 9 atom stereocenters. The van der Waals surface area contributed by atoms with Crippen molar-refractivity contribution in [2.45, 2.75) is 144 Å². The standard InChI is InChI=1S/C57H80N20O11/c58-37(27-35-29-64-31-68-35)47(79)73-43(28-36-30-65-32-69-36)51(83)71-39(16-8-22-67-57(62)63)53(85)77-24-10-18-45(77)54(86)76-23-9-17-44(76)52(84)75-42(26-34-13-5-2-6-14-34)49(81)70-38(15-7-21-66-56(60)61)48(80)74-41(25-33-11-3-1-4-12-33)50(82)72-40(55(87)88)19-20-46(59)78/h1-6,11-14,29-32,37-45H,7-10,15-28,58H2,(H2,59,78)(H,64,68)(H,65,69)(H,70,81)(H,71,83)(H,72,82)(H,73,79)(H,74,80)(H,75,84)(H,87,88)(H4,60,61,66)(H4,62,63,67)/t37-,38-,39-,40-,41-,42-,43-,44-,45-/m0/s1.